The second kappa shape index (κ2) is 4.08. The van der Waals surface area contributed by atoms with E-state index in [2.05, 4.69) is 14.9 Å². The summed E-state index contributed by atoms with van der Waals surface area (Å²) < 4.78 is 27.4. The van der Waals surface area contributed by atoms with Crippen LogP contribution in [0.5, 0.6) is 5.88 Å². The molecular weight excluding hydrogens is 206 g/mol. The third-order valence-corrected chi connectivity index (χ3v) is 1.19. The zero-order valence-corrected chi connectivity index (χ0v) is 6.83. The highest BCUT2D eigenvalue weighted by Crippen LogP contribution is 2.09. The van der Waals surface area contributed by atoms with Crippen LogP contribution >= 0.6 is 11.6 Å². The minimum Gasteiger partial charge on any atom is -0.402 e. The maximum Gasteiger partial charge on any atom is 0.380 e. The Balaban J connectivity index is 2.65. The van der Waals surface area contributed by atoms with Gasteiger partial charge < -0.3 is 4.74 Å². The molecule has 0 fully saturated rings. The fraction of sp³-hybridized carbons (Fsp3) is 0.167. The highest BCUT2D eigenvalue weighted by Gasteiger charge is 2.18. The van der Waals surface area contributed by atoms with E-state index in [9.17, 15) is 13.6 Å². The molecule has 0 aliphatic rings. The van der Waals surface area contributed by atoms with Crippen molar-refractivity contribution in [1.29, 1.82) is 0 Å². The minimum atomic E-state index is -3.18. The van der Waals surface area contributed by atoms with Crippen molar-refractivity contribution in [2.24, 2.45) is 0 Å². The van der Waals surface area contributed by atoms with Crippen molar-refractivity contribution in [3.8, 4) is 5.88 Å². The lowest BCUT2D eigenvalue weighted by atomic mass is 10.6. The molecule has 0 saturated heterocycles. The topological polar surface area (TPSA) is 52.1 Å². The molecule has 0 aliphatic carbocycles. The van der Waals surface area contributed by atoms with Crippen LogP contribution in [0.3, 0.4) is 0 Å². The largest absolute Gasteiger partial charge is 0.402 e. The van der Waals surface area contributed by atoms with Gasteiger partial charge in [-0.25, -0.2) is 4.79 Å². The molecule has 1 rings (SSSR count). The number of hydrogen-bond donors (Lipinski definition) is 0. The molecule has 0 bridgehead atoms. The van der Waals surface area contributed by atoms with Gasteiger partial charge in [0.25, 0.3) is 0 Å². The summed E-state index contributed by atoms with van der Waals surface area (Å²) in [5, 5.41) is 6.61. The quantitative estimate of drug-likeness (QED) is 0.688. The molecule has 1 heterocycles. The van der Waals surface area contributed by atoms with Crippen LogP contribution in [0, 0.1) is 0 Å². The van der Waals surface area contributed by atoms with Crippen LogP contribution in [0.2, 0.25) is 5.15 Å². The second-order valence-electron chi connectivity index (χ2n) is 1.92. The lowest BCUT2D eigenvalue weighted by Gasteiger charge is -1.99. The van der Waals surface area contributed by atoms with Crippen molar-refractivity contribution >= 4 is 17.6 Å². The zero-order chi connectivity index (χ0) is 9.84. The average molecular weight is 209 g/mol. The van der Waals surface area contributed by atoms with E-state index >= 15 is 0 Å². The Morgan fingerprint density at radius 3 is 2.62 bits per heavy atom. The lowest BCUT2D eigenvalue weighted by molar-refractivity contribution is -0.146. The summed E-state index contributed by atoms with van der Waals surface area (Å²) in [5.74, 6) is -1.98. The summed E-state index contributed by atoms with van der Waals surface area (Å²) in [6, 6.07) is 2.43. The summed E-state index contributed by atoms with van der Waals surface area (Å²) in [6.45, 7) is 0. The molecule has 0 N–H and O–H groups in total. The van der Waals surface area contributed by atoms with Gasteiger partial charge >= 0.3 is 12.4 Å². The van der Waals surface area contributed by atoms with Crippen molar-refractivity contribution < 1.29 is 18.3 Å². The highest BCUT2D eigenvalue weighted by atomic mass is 35.5. The van der Waals surface area contributed by atoms with Crippen LogP contribution in [-0.2, 0) is 4.79 Å². The Hall–Kier alpha value is -1.30. The number of hydrogen-bond acceptors (Lipinski definition) is 4. The fourth-order valence-corrected chi connectivity index (χ4v) is 0.607. The van der Waals surface area contributed by atoms with Gasteiger partial charge in [0.2, 0.25) is 5.88 Å². The van der Waals surface area contributed by atoms with Gasteiger partial charge in [0.05, 0.1) is 0 Å². The SMILES string of the molecule is O=C(Oc1ccc(Cl)nn1)C(F)F. The number of rotatable bonds is 2. The van der Waals surface area contributed by atoms with Gasteiger partial charge in [-0.2, -0.15) is 8.78 Å². The molecule has 1 aromatic rings. The first-order valence-electron chi connectivity index (χ1n) is 3.08. The maximum atomic E-state index is 11.6. The zero-order valence-electron chi connectivity index (χ0n) is 6.08. The minimum absolute atomic E-state index is 0.0804. The van der Waals surface area contributed by atoms with Crippen molar-refractivity contribution in [2.45, 2.75) is 6.43 Å². The molecule has 0 amide bonds. The van der Waals surface area contributed by atoms with E-state index in [0.29, 0.717) is 0 Å². The second-order valence-corrected chi connectivity index (χ2v) is 2.30. The van der Waals surface area contributed by atoms with E-state index in [-0.39, 0.29) is 11.0 Å². The van der Waals surface area contributed by atoms with Crippen molar-refractivity contribution in [2.75, 3.05) is 0 Å². The van der Waals surface area contributed by atoms with Crippen LogP contribution in [-0.4, -0.2) is 22.6 Å². The summed E-state index contributed by atoms with van der Waals surface area (Å²) in [5.41, 5.74) is 0. The van der Waals surface area contributed by atoms with E-state index in [1.165, 1.54) is 6.07 Å². The number of aromatic nitrogens is 2. The van der Waals surface area contributed by atoms with Crippen LogP contribution in [0.15, 0.2) is 12.1 Å². The summed E-state index contributed by atoms with van der Waals surface area (Å²) in [6.07, 6.45) is -3.18. The molecule has 7 heteroatoms. The molecule has 0 aromatic carbocycles. The van der Waals surface area contributed by atoms with E-state index < -0.39 is 12.4 Å². The number of alkyl halides is 2. The molecule has 13 heavy (non-hydrogen) atoms. The molecule has 0 unspecified atom stereocenters. The van der Waals surface area contributed by atoms with Gasteiger partial charge in [-0.3, -0.25) is 0 Å². The predicted molar refractivity (Wildman–Crippen MR) is 38.7 cm³/mol. The number of halogens is 3. The van der Waals surface area contributed by atoms with Gasteiger partial charge in [0, 0.05) is 6.07 Å². The molecule has 1 aromatic heterocycles. The first-order chi connectivity index (χ1) is 6.09. The van der Waals surface area contributed by atoms with Crippen LogP contribution in [0.4, 0.5) is 8.78 Å². The third kappa shape index (κ3) is 2.90. The van der Waals surface area contributed by atoms with Crippen LogP contribution < -0.4 is 4.74 Å². The number of ether oxygens (including phenoxy) is 1. The van der Waals surface area contributed by atoms with Crippen molar-refractivity contribution in [3.05, 3.63) is 17.3 Å². The third-order valence-electron chi connectivity index (χ3n) is 0.991. The molecule has 0 saturated carbocycles. The average Bonchev–Trinajstić information content (AvgIpc) is 2.08. The Kier molecular flexibility index (Phi) is 3.07. The van der Waals surface area contributed by atoms with Gasteiger partial charge in [-0.15, -0.1) is 10.2 Å². The molecule has 0 spiro atoms. The van der Waals surface area contributed by atoms with Gasteiger partial charge in [0.15, 0.2) is 5.15 Å². The Bertz CT molecular complexity index is 304. The molecular formula is C6H3ClF2N2O2. The summed E-state index contributed by atoms with van der Waals surface area (Å²) in [7, 11) is 0. The predicted octanol–water partition coefficient (Wildman–Crippen LogP) is 1.30. The van der Waals surface area contributed by atoms with Crippen molar-refractivity contribution in [3.63, 3.8) is 0 Å². The van der Waals surface area contributed by atoms with Gasteiger partial charge in [-0.1, -0.05) is 11.6 Å². The molecule has 0 aliphatic heterocycles. The van der Waals surface area contributed by atoms with Gasteiger partial charge in [0.1, 0.15) is 0 Å². The van der Waals surface area contributed by atoms with E-state index in [4.69, 9.17) is 11.6 Å². The number of carbonyl (C=O) groups excluding carboxylic acids is 1. The van der Waals surface area contributed by atoms with Crippen LogP contribution in [0.1, 0.15) is 0 Å². The normalized spacial score (nSPS) is 10.2. The molecule has 70 valence electrons. The van der Waals surface area contributed by atoms with Crippen molar-refractivity contribution in [1.82, 2.24) is 10.2 Å². The molecule has 0 radical (unpaired) electrons. The molecule has 4 nitrogen and oxygen atoms in total. The number of esters is 1. The van der Waals surface area contributed by atoms with Crippen LogP contribution in [0.25, 0.3) is 0 Å². The first-order valence-corrected chi connectivity index (χ1v) is 3.46. The standard InChI is InChI=1S/C6H3ClF2N2O2/c7-3-1-2-4(11-10-3)13-6(12)5(8)9/h1-2,5H. The highest BCUT2D eigenvalue weighted by molar-refractivity contribution is 6.29. The van der Waals surface area contributed by atoms with Gasteiger partial charge in [-0.05, 0) is 6.07 Å². The van der Waals surface area contributed by atoms with E-state index in [1.54, 1.807) is 0 Å². The maximum absolute atomic E-state index is 11.6. The monoisotopic (exact) mass is 208 g/mol. The first kappa shape index (κ1) is 9.79. The van der Waals surface area contributed by atoms with E-state index in [0.717, 1.165) is 6.07 Å². The van der Waals surface area contributed by atoms with E-state index in [1.807, 2.05) is 0 Å². The summed E-state index contributed by atoms with van der Waals surface area (Å²) in [4.78, 5) is 10.3. The lowest BCUT2D eigenvalue weighted by Crippen LogP contribution is -2.17. The summed E-state index contributed by atoms with van der Waals surface area (Å²) >= 11 is 5.35. The molecule has 0 atom stereocenters. The number of nitrogens with zero attached hydrogens (tertiary/aromatic N) is 2. The Morgan fingerprint density at radius 1 is 1.46 bits per heavy atom. The smallest absolute Gasteiger partial charge is 0.380 e. The number of carbonyl (C=O) groups is 1. The Labute approximate surface area is 76.5 Å². The Morgan fingerprint density at radius 2 is 2.15 bits per heavy atom. The fourth-order valence-electron chi connectivity index (χ4n) is 0.506.